The summed E-state index contributed by atoms with van der Waals surface area (Å²) in [6.45, 7) is 0. The number of benzene rings is 11. The molecular weight excluding hydrogens is 889 g/mol. The second kappa shape index (κ2) is 20.6. The van der Waals surface area contributed by atoms with Crippen LogP contribution < -0.4 is 35.4 Å². The van der Waals surface area contributed by atoms with Crippen LogP contribution in [0.5, 0.6) is 0 Å². The fourth-order valence-corrected chi connectivity index (χ4v) is 14.8. The Hall–Kier alpha value is -9.47. The molecule has 11 rings (SSSR count). The minimum Gasteiger partial charge on any atom is -0.311 e. The van der Waals surface area contributed by atoms with Gasteiger partial charge in [-0.05, 0) is 147 Å². The van der Waals surface area contributed by atoms with Crippen molar-refractivity contribution in [1.29, 1.82) is 5.26 Å². The Balaban J connectivity index is 1.14. The molecule has 0 amide bonds. The Labute approximate surface area is 423 Å². The maximum Gasteiger partial charge on any atom is 0.179 e. The fourth-order valence-electron chi connectivity index (χ4n) is 10.1. The van der Waals surface area contributed by atoms with Crippen LogP contribution in [0.25, 0.3) is 11.1 Å². The molecule has 0 unspecified atom stereocenters. The predicted molar refractivity (Wildman–Crippen MR) is 304 cm³/mol. The Morgan fingerprint density at radius 2 is 0.458 bits per heavy atom. The summed E-state index contributed by atoms with van der Waals surface area (Å²) < 4.78 is 0. The lowest BCUT2D eigenvalue weighted by Gasteiger charge is -2.36. The van der Waals surface area contributed by atoms with E-state index in [0.717, 1.165) is 62.3 Å². The third-order valence-electron chi connectivity index (χ3n) is 13.4. The van der Waals surface area contributed by atoms with Gasteiger partial charge in [0.25, 0.3) is 0 Å². The van der Waals surface area contributed by atoms with Crippen LogP contribution in [-0.2, 0) is 0 Å². The largest absolute Gasteiger partial charge is 0.311 e. The third-order valence-corrected chi connectivity index (χ3v) is 18.2. The van der Waals surface area contributed by atoms with Gasteiger partial charge in [0.15, 0.2) is 8.07 Å². The van der Waals surface area contributed by atoms with Crippen molar-refractivity contribution in [3.8, 4) is 17.2 Å². The molecular formula is C67H50N4Si. The van der Waals surface area contributed by atoms with Gasteiger partial charge in [0.2, 0.25) is 0 Å². The highest BCUT2D eigenvalue weighted by Gasteiger charge is 2.42. The van der Waals surface area contributed by atoms with Gasteiger partial charge >= 0.3 is 0 Å². The van der Waals surface area contributed by atoms with Crippen LogP contribution in [0.4, 0.5) is 51.2 Å². The first-order valence-corrected chi connectivity index (χ1v) is 26.3. The Bertz CT molecular complexity index is 3110. The average molecular weight is 939 g/mol. The van der Waals surface area contributed by atoms with Crippen molar-refractivity contribution in [2.45, 2.75) is 0 Å². The molecule has 11 aromatic rings. The molecule has 0 saturated carbocycles. The second-order valence-corrected chi connectivity index (χ2v) is 21.5. The lowest BCUT2D eigenvalue weighted by atomic mass is 10.0. The number of hydrogen-bond donors (Lipinski definition) is 0. The maximum atomic E-state index is 10.2. The minimum absolute atomic E-state index is 0.652. The highest BCUT2D eigenvalue weighted by molar-refractivity contribution is 7.19. The molecule has 4 nitrogen and oxygen atoms in total. The first kappa shape index (κ1) is 45.0. The zero-order valence-corrected chi connectivity index (χ0v) is 40.7. The van der Waals surface area contributed by atoms with Gasteiger partial charge in [0.1, 0.15) is 0 Å². The molecule has 0 aliphatic rings. The Kier molecular flexibility index (Phi) is 12.9. The standard InChI is InChI=1S/C67H50N4Si/c68-51-53-21-19-20-34-67(53)52-35-43-63(44-36-52)72(64-45-37-60(38-46-64)69(54-22-7-1-8-23-54)55-24-9-2-10-25-55,65-47-39-61(40-48-65)70(56-26-11-3-12-27-56)57-28-13-4-14-29-57)66-49-41-62(42-50-66)71(58-30-15-5-16-31-58)59-32-17-6-18-33-59/h1-50H. The van der Waals surface area contributed by atoms with Crippen LogP contribution in [0.15, 0.2) is 303 Å². The molecule has 5 heteroatoms. The molecule has 0 heterocycles. The molecule has 0 aliphatic carbocycles. The van der Waals surface area contributed by atoms with E-state index in [1.54, 1.807) is 0 Å². The van der Waals surface area contributed by atoms with Gasteiger partial charge in [-0.3, -0.25) is 0 Å². The maximum absolute atomic E-state index is 10.2. The monoisotopic (exact) mass is 938 g/mol. The van der Waals surface area contributed by atoms with Crippen LogP contribution in [0, 0.1) is 11.3 Å². The molecule has 0 saturated heterocycles. The van der Waals surface area contributed by atoms with Gasteiger partial charge in [-0.2, -0.15) is 5.26 Å². The van der Waals surface area contributed by atoms with E-state index in [4.69, 9.17) is 0 Å². The van der Waals surface area contributed by atoms with Gasteiger partial charge in [-0.15, -0.1) is 0 Å². The van der Waals surface area contributed by atoms with Crippen molar-refractivity contribution < 1.29 is 0 Å². The van der Waals surface area contributed by atoms with Gasteiger partial charge in [0.05, 0.1) is 11.6 Å². The van der Waals surface area contributed by atoms with Crippen molar-refractivity contribution in [1.82, 2.24) is 0 Å². The van der Waals surface area contributed by atoms with Gasteiger partial charge in [-0.25, -0.2) is 0 Å². The molecule has 0 bridgehead atoms. The van der Waals surface area contributed by atoms with E-state index < -0.39 is 8.07 Å². The smallest absolute Gasteiger partial charge is 0.179 e. The minimum atomic E-state index is -3.22. The van der Waals surface area contributed by atoms with E-state index in [0.29, 0.717) is 5.56 Å². The number of rotatable bonds is 14. The summed E-state index contributed by atoms with van der Waals surface area (Å²) in [5.41, 5.74) is 12.3. The summed E-state index contributed by atoms with van der Waals surface area (Å²) in [6.07, 6.45) is 0. The third kappa shape index (κ3) is 8.87. The lowest BCUT2D eigenvalue weighted by molar-refractivity contribution is 1.28. The predicted octanol–water partition coefficient (Wildman–Crippen LogP) is 15.0. The van der Waals surface area contributed by atoms with Crippen LogP contribution in [0.3, 0.4) is 0 Å². The zero-order valence-electron chi connectivity index (χ0n) is 39.7. The fraction of sp³-hybridized carbons (Fsp3) is 0. The number of nitrogens with zero attached hydrogens (tertiary/aromatic N) is 4. The summed E-state index contributed by atoms with van der Waals surface area (Å²) in [5.74, 6) is 0. The molecule has 0 radical (unpaired) electrons. The van der Waals surface area contributed by atoms with Crippen LogP contribution in [0.2, 0.25) is 0 Å². The van der Waals surface area contributed by atoms with E-state index in [-0.39, 0.29) is 0 Å². The number of hydrogen-bond acceptors (Lipinski definition) is 4. The lowest BCUT2D eigenvalue weighted by Crippen LogP contribution is -2.74. The van der Waals surface area contributed by atoms with E-state index in [1.807, 2.05) is 24.3 Å². The van der Waals surface area contributed by atoms with Crippen molar-refractivity contribution >= 4 is 80.0 Å². The quantitative estimate of drug-likeness (QED) is 0.0803. The van der Waals surface area contributed by atoms with E-state index in [9.17, 15) is 5.26 Å². The first-order valence-electron chi connectivity index (χ1n) is 24.3. The number of nitriles is 1. The molecule has 11 aromatic carbocycles. The highest BCUT2D eigenvalue weighted by Crippen LogP contribution is 2.37. The van der Waals surface area contributed by atoms with Gasteiger partial charge in [0, 0.05) is 51.2 Å². The molecule has 0 aliphatic heterocycles. The molecule has 342 valence electrons. The summed E-state index contributed by atoms with van der Waals surface area (Å²) >= 11 is 0. The summed E-state index contributed by atoms with van der Waals surface area (Å²) in [6, 6.07) is 111. The highest BCUT2D eigenvalue weighted by atomic mass is 28.3. The SMILES string of the molecule is N#Cc1ccccc1-c1ccc([Si](c2ccc(N(c3ccccc3)c3ccccc3)cc2)(c2ccc(N(c3ccccc3)c3ccccc3)cc2)c2ccc(N(c3ccccc3)c3ccccc3)cc2)cc1. The number of anilines is 9. The zero-order chi connectivity index (χ0) is 48.5. The van der Waals surface area contributed by atoms with Crippen molar-refractivity contribution in [3.63, 3.8) is 0 Å². The van der Waals surface area contributed by atoms with Crippen LogP contribution in [-0.4, -0.2) is 8.07 Å². The van der Waals surface area contributed by atoms with Gasteiger partial charge < -0.3 is 14.7 Å². The van der Waals surface area contributed by atoms with Crippen LogP contribution in [0.1, 0.15) is 5.56 Å². The molecule has 0 atom stereocenters. The van der Waals surface area contributed by atoms with Crippen molar-refractivity contribution in [2.75, 3.05) is 14.7 Å². The second-order valence-electron chi connectivity index (χ2n) is 17.6. The van der Waals surface area contributed by atoms with E-state index in [1.165, 1.54) is 20.7 Å². The topological polar surface area (TPSA) is 33.5 Å². The molecule has 0 fully saturated rings. The summed E-state index contributed by atoms with van der Waals surface area (Å²) in [7, 11) is -3.22. The normalized spacial score (nSPS) is 11.0. The average Bonchev–Trinajstić information content (AvgIpc) is 3.46. The first-order chi connectivity index (χ1) is 35.7. The molecule has 72 heavy (non-hydrogen) atoms. The molecule has 0 N–H and O–H groups in total. The van der Waals surface area contributed by atoms with Crippen molar-refractivity contribution in [3.05, 3.63) is 309 Å². The van der Waals surface area contributed by atoms with E-state index in [2.05, 4.69) is 300 Å². The number of para-hydroxylation sites is 6. The summed E-state index contributed by atoms with van der Waals surface area (Å²) in [4.78, 5) is 6.96. The molecule has 0 aromatic heterocycles. The summed E-state index contributed by atoms with van der Waals surface area (Å²) in [5, 5.41) is 15.1. The Morgan fingerprint density at radius 1 is 0.236 bits per heavy atom. The molecule has 0 spiro atoms. The van der Waals surface area contributed by atoms with E-state index >= 15 is 0 Å². The van der Waals surface area contributed by atoms with Gasteiger partial charge in [-0.1, -0.05) is 188 Å². The van der Waals surface area contributed by atoms with Crippen molar-refractivity contribution in [2.24, 2.45) is 0 Å². The Morgan fingerprint density at radius 3 is 0.722 bits per heavy atom. The van der Waals surface area contributed by atoms with Crippen LogP contribution >= 0.6 is 0 Å².